The number of ether oxygens (including phenoxy) is 1. The normalized spacial score (nSPS) is 12.0. The van der Waals surface area contributed by atoms with Crippen molar-refractivity contribution in [3.8, 4) is 5.75 Å². The van der Waals surface area contributed by atoms with Gasteiger partial charge in [0.25, 0.3) is 5.91 Å². The Bertz CT molecular complexity index is 437. The van der Waals surface area contributed by atoms with E-state index in [4.69, 9.17) is 21.4 Å². The van der Waals surface area contributed by atoms with E-state index in [-0.39, 0.29) is 12.5 Å². The van der Waals surface area contributed by atoms with Crippen LogP contribution in [-0.2, 0) is 11.4 Å². The van der Waals surface area contributed by atoms with Crippen LogP contribution in [0.15, 0.2) is 18.2 Å². The molecular weight excluding hydrogens is 278 g/mol. The van der Waals surface area contributed by atoms with Gasteiger partial charge in [0.2, 0.25) is 0 Å². The topological polar surface area (TPSA) is 58.6 Å². The number of benzene rings is 1. The van der Waals surface area contributed by atoms with Crippen molar-refractivity contribution in [3.63, 3.8) is 0 Å². The number of aliphatic hydroxyl groups is 1. The zero-order valence-electron chi connectivity index (χ0n) is 12.0. The summed E-state index contributed by atoms with van der Waals surface area (Å²) >= 11 is 6.03. The molecule has 0 saturated heterocycles. The lowest BCUT2D eigenvalue weighted by molar-refractivity contribution is -0.127. The monoisotopic (exact) mass is 299 g/mol. The number of aliphatic hydroxyl groups excluding tert-OH is 1. The molecule has 1 aromatic carbocycles. The largest absolute Gasteiger partial charge is 0.479 e. The molecule has 1 atom stereocenters. The summed E-state index contributed by atoms with van der Waals surface area (Å²) in [6, 6.07) is 5.00. The van der Waals surface area contributed by atoms with E-state index in [1.54, 1.807) is 25.1 Å². The van der Waals surface area contributed by atoms with Crippen LogP contribution in [0.5, 0.6) is 5.75 Å². The van der Waals surface area contributed by atoms with Crippen LogP contribution in [-0.4, -0.2) is 23.7 Å². The Morgan fingerprint density at radius 2 is 2.20 bits per heavy atom. The summed E-state index contributed by atoms with van der Waals surface area (Å²) in [5.74, 6) is 0.295. The van der Waals surface area contributed by atoms with Crippen molar-refractivity contribution in [2.24, 2.45) is 0 Å². The summed E-state index contributed by atoms with van der Waals surface area (Å²) in [5, 5.41) is 12.2. The van der Waals surface area contributed by atoms with Gasteiger partial charge in [0, 0.05) is 6.54 Å². The molecule has 2 N–H and O–H groups in total. The number of carbonyl (C=O) groups excluding carboxylic acids is 1. The number of amides is 1. The Morgan fingerprint density at radius 3 is 2.80 bits per heavy atom. The number of hydrogen-bond acceptors (Lipinski definition) is 3. The van der Waals surface area contributed by atoms with Gasteiger partial charge < -0.3 is 15.2 Å². The van der Waals surface area contributed by atoms with E-state index in [1.807, 2.05) is 0 Å². The van der Waals surface area contributed by atoms with Crippen molar-refractivity contribution in [3.05, 3.63) is 28.8 Å². The van der Waals surface area contributed by atoms with E-state index in [1.165, 1.54) is 0 Å². The molecule has 0 saturated carbocycles. The molecule has 0 fully saturated rings. The average molecular weight is 300 g/mol. The lowest BCUT2D eigenvalue weighted by Crippen LogP contribution is -2.36. The predicted molar refractivity (Wildman–Crippen MR) is 80.0 cm³/mol. The van der Waals surface area contributed by atoms with Gasteiger partial charge in [0.1, 0.15) is 5.75 Å². The average Bonchev–Trinajstić information content (AvgIpc) is 2.45. The number of rotatable bonds is 8. The summed E-state index contributed by atoms with van der Waals surface area (Å²) in [6.07, 6.45) is 2.59. The summed E-state index contributed by atoms with van der Waals surface area (Å²) in [5.41, 5.74) is 0.707. The Hall–Kier alpha value is -1.26. The van der Waals surface area contributed by atoms with E-state index in [9.17, 15) is 4.79 Å². The molecule has 0 bridgehead atoms. The van der Waals surface area contributed by atoms with Gasteiger partial charge >= 0.3 is 0 Å². The maximum atomic E-state index is 11.8. The highest BCUT2D eigenvalue weighted by atomic mass is 35.5. The maximum Gasteiger partial charge on any atom is 0.260 e. The van der Waals surface area contributed by atoms with Crippen LogP contribution in [0.1, 0.15) is 38.7 Å². The molecule has 1 amide bonds. The first-order valence-corrected chi connectivity index (χ1v) is 7.30. The van der Waals surface area contributed by atoms with Gasteiger partial charge in [-0.2, -0.15) is 0 Å². The molecule has 0 radical (unpaired) electrons. The third-order valence-electron chi connectivity index (χ3n) is 2.93. The lowest BCUT2D eigenvalue weighted by Gasteiger charge is -2.16. The Balaban J connectivity index is 2.48. The molecule has 1 unspecified atom stereocenters. The molecule has 20 heavy (non-hydrogen) atoms. The third kappa shape index (κ3) is 5.39. The van der Waals surface area contributed by atoms with E-state index in [0.29, 0.717) is 22.9 Å². The van der Waals surface area contributed by atoms with Crippen molar-refractivity contribution < 1.29 is 14.6 Å². The highest BCUT2D eigenvalue weighted by Crippen LogP contribution is 2.26. The van der Waals surface area contributed by atoms with Gasteiger partial charge in [-0.25, -0.2) is 0 Å². The maximum absolute atomic E-state index is 11.8. The van der Waals surface area contributed by atoms with Crippen LogP contribution >= 0.6 is 11.6 Å². The third-order valence-corrected chi connectivity index (χ3v) is 3.23. The highest BCUT2D eigenvalue weighted by molar-refractivity contribution is 6.32. The number of nitrogens with one attached hydrogen (secondary N) is 1. The van der Waals surface area contributed by atoms with Gasteiger partial charge in [-0.1, -0.05) is 37.4 Å². The second kappa shape index (κ2) is 8.82. The molecule has 0 aliphatic carbocycles. The first-order valence-electron chi connectivity index (χ1n) is 6.92. The summed E-state index contributed by atoms with van der Waals surface area (Å²) in [4.78, 5) is 11.8. The van der Waals surface area contributed by atoms with Crippen LogP contribution in [0.4, 0.5) is 0 Å². The smallest absolute Gasteiger partial charge is 0.260 e. The van der Waals surface area contributed by atoms with Crippen molar-refractivity contribution in [2.75, 3.05) is 6.54 Å². The van der Waals surface area contributed by atoms with Crippen LogP contribution in [0, 0.1) is 0 Å². The van der Waals surface area contributed by atoms with E-state index < -0.39 is 6.10 Å². The van der Waals surface area contributed by atoms with Gasteiger partial charge in [-0.05, 0) is 31.0 Å². The number of hydrogen-bond donors (Lipinski definition) is 2. The van der Waals surface area contributed by atoms with Gasteiger partial charge in [-0.15, -0.1) is 0 Å². The quantitative estimate of drug-likeness (QED) is 0.726. The van der Waals surface area contributed by atoms with Crippen molar-refractivity contribution in [1.82, 2.24) is 5.32 Å². The van der Waals surface area contributed by atoms with E-state index in [0.717, 1.165) is 19.3 Å². The molecule has 4 nitrogen and oxygen atoms in total. The molecule has 0 heterocycles. The number of unbranched alkanes of at least 4 members (excludes halogenated alkanes) is 2. The predicted octanol–water partition coefficient (Wildman–Crippen LogP) is 2.91. The fraction of sp³-hybridized carbons (Fsp3) is 0.533. The molecule has 0 aromatic heterocycles. The van der Waals surface area contributed by atoms with Gasteiger partial charge in [0.05, 0.1) is 11.6 Å². The van der Waals surface area contributed by atoms with Crippen LogP contribution < -0.4 is 10.1 Å². The van der Waals surface area contributed by atoms with Crippen molar-refractivity contribution in [2.45, 2.75) is 45.8 Å². The number of carbonyl (C=O) groups is 1. The summed E-state index contributed by atoms with van der Waals surface area (Å²) < 4.78 is 5.54. The summed E-state index contributed by atoms with van der Waals surface area (Å²) in [7, 11) is 0. The first-order chi connectivity index (χ1) is 9.58. The minimum atomic E-state index is -0.603. The Kier molecular flexibility index (Phi) is 7.41. The lowest BCUT2D eigenvalue weighted by atomic mass is 10.2. The highest BCUT2D eigenvalue weighted by Gasteiger charge is 2.15. The molecule has 1 aromatic rings. The molecule has 0 spiro atoms. The van der Waals surface area contributed by atoms with E-state index >= 15 is 0 Å². The molecule has 0 aliphatic rings. The minimum absolute atomic E-state index is 0.0759. The zero-order valence-corrected chi connectivity index (χ0v) is 12.7. The van der Waals surface area contributed by atoms with E-state index in [2.05, 4.69) is 12.2 Å². The first kappa shape index (κ1) is 16.8. The van der Waals surface area contributed by atoms with Crippen LogP contribution in [0.2, 0.25) is 5.02 Å². The fourth-order valence-corrected chi connectivity index (χ4v) is 1.96. The fourth-order valence-electron chi connectivity index (χ4n) is 1.71. The van der Waals surface area contributed by atoms with Crippen LogP contribution in [0.25, 0.3) is 0 Å². The molecule has 5 heteroatoms. The second-order valence-corrected chi connectivity index (χ2v) is 5.09. The summed E-state index contributed by atoms with van der Waals surface area (Å²) in [6.45, 7) is 4.39. The molecule has 0 aliphatic heterocycles. The number of halogens is 1. The Labute approximate surface area is 125 Å². The Morgan fingerprint density at radius 1 is 1.45 bits per heavy atom. The van der Waals surface area contributed by atoms with Crippen molar-refractivity contribution >= 4 is 17.5 Å². The standard InChI is InChI=1S/C15H22ClNO3/c1-3-4-5-8-17-15(19)11(2)20-14-7-6-12(10-18)9-13(14)16/h6-7,9,11,18H,3-5,8,10H2,1-2H3,(H,17,19). The van der Waals surface area contributed by atoms with Gasteiger partial charge in [-0.3, -0.25) is 4.79 Å². The molecular formula is C15H22ClNO3. The van der Waals surface area contributed by atoms with Gasteiger partial charge in [0.15, 0.2) is 6.10 Å². The minimum Gasteiger partial charge on any atom is -0.479 e. The van der Waals surface area contributed by atoms with Crippen molar-refractivity contribution in [1.29, 1.82) is 0 Å². The second-order valence-electron chi connectivity index (χ2n) is 4.68. The van der Waals surface area contributed by atoms with Crippen LogP contribution in [0.3, 0.4) is 0 Å². The molecule has 1 rings (SSSR count). The molecule has 112 valence electrons. The SMILES string of the molecule is CCCCCNC(=O)C(C)Oc1ccc(CO)cc1Cl. The zero-order chi connectivity index (χ0) is 15.0.